The average molecular weight is 773 g/mol. The Morgan fingerprint density at radius 1 is 0.574 bits per heavy atom. The van der Waals surface area contributed by atoms with Crippen LogP contribution in [0.15, 0.2) is 122 Å². The monoisotopic (exact) mass is 772 g/mol. The van der Waals surface area contributed by atoms with E-state index >= 15 is 0 Å². The molecule has 0 aromatic heterocycles. The van der Waals surface area contributed by atoms with Crippen molar-refractivity contribution >= 4 is 13.8 Å². The smallest absolute Gasteiger partial charge is 0.457 e. The van der Waals surface area contributed by atoms with Gasteiger partial charge in [-0.05, 0) is 83.5 Å². The minimum Gasteiger partial charge on any atom is -0.457 e. The fourth-order valence-corrected chi connectivity index (χ4v) is 5.07. The first kappa shape index (κ1) is 50.9. The third-order valence-corrected chi connectivity index (χ3v) is 8.11. The molecule has 9 nitrogen and oxygen atoms in total. The number of aliphatic hydroxyl groups excluding tert-OH is 2. The Kier molecular flexibility index (Phi) is 37.3. The van der Waals surface area contributed by atoms with Gasteiger partial charge in [0, 0.05) is 6.42 Å². The number of aliphatic hydroxyl groups is 2. The molecule has 0 fully saturated rings. The summed E-state index contributed by atoms with van der Waals surface area (Å²) < 4.78 is 33.1. The van der Waals surface area contributed by atoms with E-state index < -0.39 is 45.8 Å². The van der Waals surface area contributed by atoms with Gasteiger partial charge >= 0.3 is 13.8 Å². The van der Waals surface area contributed by atoms with Crippen LogP contribution in [0.1, 0.15) is 104 Å². The fraction of sp³-hybridized carbons (Fsp3) is 0.523. The number of hydrogen-bond acceptors (Lipinski definition) is 8. The molecule has 0 amide bonds. The van der Waals surface area contributed by atoms with Gasteiger partial charge in [-0.2, -0.15) is 0 Å². The average Bonchev–Trinajstić information content (AvgIpc) is 3.16. The molecule has 0 saturated carbocycles. The van der Waals surface area contributed by atoms with E-state index in [2.05, 4.69) is 117 Å². The summed E-state index contributed by atoms with van der Waals surface area (Å²) >= 11 is 0. The van der Waals surface area contributed by atoms with Gasteiger partial charge in [0.2, 0.25) is 0 Å². The molecule has 3 N–H and O–H groups in total. The lowest BCUT2D eigenvalue weighted by Crippen LogP contribution is -2.28. The van der Waals surface area contributed by atoms with Crippen LogP contribution in [0.25, 0.3) is 0 Å². The number of phosphoric ester groups is 1. The highest BCUT2D eigenvalue weighted by Crippen LogP contribution is 2.43. The van der Waals surface area contributed by atoms with Crippen molar-refractivity contribution in [2.75, 3.05) is 33.0 Å². The highest BCUT2D eigenvalue weighted by Gasteiger charge is 2.26. The lowest BCUT2D eigenvalue weighted by Gasteiger charge is -2.20. The number of carbonyl (C=O) groups excluding carboxylic acids is 1. The van der Waals surface area contributed by atoms with Crippen molar-refractivity contribution in [1.82, 2.24) is 0 Å². The fourth-order valence-electron chi connectivity index (χ4n) is 4.28. The standard InChI is InChI=1S/C44H69O9P/c1-3-5-7-9-11-13-15-17-19-21-22-24-26-28-30-32-34-36-44(47)53-43(41-52-54(48,49)51-39-42(46)38-45)40-50-37-35-33-31-29-27-25-23-20-18-16-14-12-10-8-6-4-2/h5-8,11-14,17-20,22,24-25,27-28,30-31,33,42-43,45-46H,3-4,9-10,15-16,21,23,26,29,32,34-41H2,1-2H3,(H,48,49)/b7-5-,8-6-,13-11-,14-12-,19-17-,20-18-,24-22-,27-25-,30-28-,33-31-. The van der Waals surface area contributed by atoms with Crippen molar-refractivity contribution < 1.29 is 43.0 Å². The quantitative estimate of drug-likeness (QED) is 0.0249. The van der Waals surface area contributed by atoms with Gasteiger partial charge in [-0.25, -0.2) is 4.57 Å². The molecule has 3 unspecified atom stereocenters. The lowest BCUT2D eigenvalue weighted by molar-refractivity contribution is -0.154. The molecule has 0 aliphatic heterocycles. The summed E-state index contributed by atoms with van der Waals surface area (Å²) in [6.45, 7) is 2.92. The predicted octanol–water partition coefficient (Wildman–Crippen LogP) is 10.5. The van der Waals surface area contributed by atoms with E-state index in [0.717, 1.165) is 64.2 Å². The van der Waals surface area contributed by atoms with Crippen LogP contribution in [0.2, 0.25) is 0 Å². The SMILES string of the molecule is CC/C=C\C/C=C\C/C=C\C/C=C\C/C=C\CCCC(=O)OC(COCC/C=C\C/C=C\C/C=C\C/C=C\C/C=C\CC)COP(=O)(O)OCC(O)CO. The molecule has 0 radical (unpaired) electrons. The summed E-state index contributed by atoms with van der Waals surface area (Å²) in [5, 5.41) is 18.3. The normalized spacial score (nSPS) is 15.4. The van der Waals surface area contributed by atoms with E-state index in [1.165, 1.54) is 0 Å². The number of unbranched alkanes of at least 4 members (excludes halogenated alkanes) is 1. The van der Waals surface area contributed by atoms with Gasteiger partial charge in [-0.3, -0.25) is 13.8 Å². The van der Waals surface area contributed by atoms with Crippen LogP contribution in [-0.4, -0.2) is 66.3 Å². The molecular formula is C44H69O9P. The maximum Gasteiger partial charge on any atom is 0.472 e. The van der Waals surface area contributed by atoms with Crippen molar-refractivity contribution in [2.24, 2.45) is 0 Å². The van der Waals surface area contributed by atoms with Crippen molar-refractivity contribution in [3.05, 3.63) is 122 Å². The van der Waals surface area contributed by atoms with Gasteiger partial charge < -0.3 is 24.6 Å². The Morgan fingerprint density at radius 2 is 0.963 bits per heavy atom. The van der Waals surface area contributed by atoms with Crippen molar-refractivity contribution in [3.8, 4) is 0 Å². The zero-order valence-electron chi connectivity index (χ0n) is 32.9. The number of allylic oxidation sites excluding steroid dienone is 19. The van der Waals surface area contributed by atoms with Crippen molar-refractivity contribution in [3.63, 3.8) is 0 Å². The van der Waals surface area contributed by atoms with E-state index in [9.17, 15) is 19.4 Å². The topological polar surface area (TPSA) is 132 Å². The van der Waals surface area contributed by atoms with E-state index in [-0.39, 0.29) is 13.0 Å². The van der Waals surface area contributed by atoms with Gasteiger partial charge in [0.05, 0.1) is 33.0 Å². The molecule has 0 bridgehead atoms. The maximum atomic E-state index is 12.6. The molecule has 0 rings (SSSR count). The summed E-state index contributed by atoms with van der Waals surface area (Å²) in [5.41, 5.74) is 0. The van der Waals surface area contributed by atoms with Gasteiger partial charge in [-0.15, -0.1) is 0 Å². The molecule has 0 spiro atoms. The highest BCUT2D eigenvalue weighted by molar-refractivity contribution is 7.47. The highest BCUT2D eigenvalue weighted by atomic mass is 31.2. The largest absolute Gasteiger partial charge is 0.472 e. The first-order chi connectivity index (χ1) is 26.3. The van der Waals surface area contributed by atoms with Crippen molar-refractivity contribution in [1.29, 1.82) is 0 Å². The Labute approximate surface area is 326 Å². The minimum atomic E-state index is -4.56. The van der Waals surface area contributed by atoms with Gasteiger partial charge in [0.15, 0.2) is 0 Å². The summed E-state index contributed by atoms with van der Waals surface area (Å²) in [5.74, 6) is -0.471. The van der Waals surface area contributed by atoms with Crippen LogP contribution in [0.3, 0.4) is 0 Å². The first-order valence-corrected chi connectivity index (χ1v) is 21.0. The minimum absolute atomic E-state index is 0.0372. The van der Waals surface area contributed by atoms with Crippen LogP contribution in [0, 0.1) is 0 Å². The lowest BCUT2D eigenvalue weighted by atomic mass is 10.2. The second-order valence-corrected chi connectivity index (χ2v) is 13.6. The predicted molar refractivity (Wildman–Crippen MR) is 223 cm³/mol. The van der Waals surface area contributed by atoms with Crippen LogP contribution in [0.5, 0.6) is 0 Å². The molecule has 0 aromatic carbocycles. The van der Waals surface area contributed by atoms with Crippen LogP contribution >= 0.6 is 7.82 Å². The van der Waals surface area contributed by atoms with E-state index in [1.807, 2.05) is 18.2 Å². The molecule has 0 aromatic rings. The van der Waals surface area contributed by atoms with E-state index in [4.69, 9.17) is 23.6 Å². The number of carbonyl (C=O) groups is 1. The number of ether oxygens (including phenoxy) is 2. The van der Waals surface area contributed by atoms with Crippen molar-refractivity contribution in [2.45, 2.75) is 116 Å². The van der Waals surface area contributed by atoms with Gasteiger partial charge in [0.1, 0.15) is 12.2 Å². The number of hydrogen-bond donors (Lipinski definition) is 3. The zero-order chi connectivity index (χ0) is 39.6. The third kappa shape index (κ3) is 38.6. The summed E-state index contributed by atoms with van der Waals surface area (Å²) in [6, 6.07) is 0. The van der Waals surface area contributed by atoms with E-state index in [0.29, 0.717) is 25.9 Å². The summed E-state index contributed by atoms with van der Waals surface area (Å²) in [7, 11) is -4.56. The second-order valence-electron chi connectivity index (χ2n) is 12.2. The first-order valence-electron chi connectivity index (χ1n) is 19.5. The molecular weight excluding hydrogens is 703 g/mol. The number of rotatable bonds is 35. The third-order valence-electron chi connectivity index (χ3n) is 7.16. The number of phosphoric acid groups is 1. The molecule has 304 valence electrons. The number of esters is 1. The van der Waals surface area contributed by atoms with E-state index in [1.54, 1.807) is 0 Å². The zero-order valence-corrected chi connectivity index (χ0v) is 33.8. The Balaban J connectivity index is 4.49. The summed E-state index contributed by atoms with van der Waals surface area (Å²) in [6.07, 6.45) is 51.9. The molecule has 54 heavy (non-hydrogen) atoms. The summed E-state index contributed by atoms with van der Waals surface area (Å²) in [4.78, 5) is 22.5. The molecule has 0 aliphatic rings. The second kappa shape index (κ2) is 39.6. The van der Waals surface area contributed by atoms with Crippen LogP contribution in [0.4, 0.5) is 0 Å². The molecule has 0 heterocycles. The molecule has 3 atom stereocenters. The van der Waals surface area contributed by atoms with Gasteiger partial charge in [-0.1, -0.05) is 135 Å². The maximum absolute atomic E-state index is 12.6. The van der Waals surface area contributed by atoms with Crippen LogP contribution < -0.4 is 0 Å². The Morgan fingerprint density at radius 3 is 1.39 bits per heavy atom. The van der Waals surface area contributed by atoms with Gasteiger partial charge in [0.25, 0.3) is 0 Å². The Bertz CT molecular complexity index is 1240. The molecule has 10 heteroatoms. The molecule has 0 aliphatic carbocycles. The Hall–Kier alpha value is -3.14. The van der Waals surface area contributed by atoms with Crippen LogP contribution in [-0.2, 0) is 27.9 Å². The molecule has 0 saturated heterocycles.